The maximum Gasteiger partial charge on any atom is 0.254 e. The average Bonchev–Trinajstić information content (AvgIpc) is 3.27. The van der Waals surface area contributed by atoms with Crippen LogP contribution in [0.3, 0.4) is 0 Å². The first kappa shape index (κ1) is 23.5. The van der Waals surface area contributed by atoms with Crippen LogP contribution in [0.1, 0.15) is 39.2 Å². The Labute approximate surface area is 210 Å². The van der Waals surface area contributed by atoms with Gasteiger partial charge < -0.3 is 9.80 Å². The Kier molecular flexibility index (Phi) is 5.86. The van der Waals surface area contributed by atoms with Gasteiger partial charge in [0.2, 0.25) is 6.67 Å². The van der Waals surface area contributed by atoms with Gasteiger partial charge in [0.15, 0.2) is 11.0 Å². The van der Waals surface area contributed by atoms with Crippen LogP contribution in [-0.4, -0.2) is 17.2 Å². The van der Waals surface area contributed by atoms with Crippen LogP contribution in [0.15, 0.2) is 48.5 Å². The Hall–Kier alpha value is -3.27. The fraction of sp³-hybridized carbons (Fsp3) is 0.355. The van der Waals surface area contributed by atoms with Crippen LogP contribution in [0.25, 0.3) is 11.0 Å². The molecular formula is C31H37N4+. The highest BCUT2D eigenvalue weighted by Crippen LogP contribution is 2.38. The van der Waals surface area contributed by atoms with E-state index in [0.29, 0.717) is 0 Å². The van der Waals surface area contributed by atoms with Gasteiger partial charge in [-0.3, -0.25) is 0 Å². The van der Waals surface area contributed by atoms with E-state index in [4.69, 9.17) is 0 Å². The molecule has 1 saturated heterocycles. The lowest BCUT2D eigenvalue weighted by atomic mass is 10.0. The molecule has 0 N–H and O–H groups in total. The average molecular weight is 466 g/mol. The maximum atomic E-state index is 3.82. The number of fused-ring (bicyclic) bond motifs is 1. The lowest BCUT2D eigenvalue weighted by Crippen LogP contribution is -2.36. The Balaban J connectivity index is 1.61. The van der Waals surface area contributed by atoms with E-state index >= 15 is 0 Å². The molecule has 180 valence electrons. The fourth-order valence-electron chi connectivity index (χ4n) is 6.16. The molecule has 1 aliphatic heterocycles. The summed E-state index contributed by atoms with van der Waals surface area (Å²) >= 11 is 0. The number of para-hydroxylation sites is 2. The SMILES string of the molecule is Cc1cc(C)c(N2[C]N(c3c(C)cc(C)cc3C)C(Cn3c(C)[n+](C)c4ccccc43)C2)c(C)c1. The molecule has 0 spiro atoms. The monoisotopic (exact) mass is 465 g/mol. The van der Waals surface area contributed by atoms with Gasteiger partial charge in [-0.2, -0.15) is 0 Å². The van der Waals surface area contributed by atoms with Gasteiger partial charge in [-0.05, 0) is 75.9 Å². The second kappa shape index (κ2) is 8.75. The van der Waals surface area contributed by atoms with Gasteiger partial charge in [0.1, 0.15) is 6.54 Å². The van der Waals surface area contributed by atoms with E-state index in [9.17, 15) is 0 Å². The molecule has 2 heterocycles. The molecular weight excluding hydrogens is 428 g/mol. The molecule has 0 amide bonds. The third-order valence-electron chi connectivity index (χ3n) is 7.57. The van der Waals surface area contributed by atoms with Crippen molar-refractivity contribution in [3.63, 3.8) is 0 Å². The first-order valence-electron chi connectivity index (χ1n) is 12.6. The number of aryl methyl sites for hydroxylation is 7. The summed E-state index contributed by atoms with van der Waals surface area (Å²) in [5.74, 6) is 1.27. The van der Waals surface area contributed by atoms with Crippen molar-refractivity contribution in [2.75, 3.05) is 16.3 Å². The van der Waals surface area contributed by atoms with E-state index in [1.165, 1.54) is 61.6 Å². The van der Waals surface area contributed by atoms with Crippen LogP contribution in [0, 0.1) is 55.1 Å². The molecule has 0 aliphatic carbocycles. The first-order chi connectivity index (χ1) is 16.7. The van der Waals surface area contributed by atoms with Crippen molar-refractivity contribution < 1.29 is 4.57 Å². The quantitative estimate of drug-likeness (QED) is 0.343. The van der Waals surface area contributed by atoms with Gasteiger partial charge in [-0.15, -0.1) is 0 Å². The zero-order chi connectivity index (χ0) is 25.0. The number of imidazole rings is 1. The standard InChI is InChI=1S/C31H37N4/c1-20-13-22(3)30(23(4)14-20)33-17-27(35(19-33)31-24(5)15-21(2)16-25(31)6)18-34-26(7)32(8)28-11-9-10-12-29(28)34/h9-16,27H,17-18H2,1-8H3/q+1. The Bertz CT molecular complexity index is 1380. The third kappa shape index (κ3) is 3.99. The summed E-state index contributed by atoms with van der Waals surface area (Å²) in [6, 6.07) is 18.1. The summed E-state index contributed by atoms with van der Waals surface area (Å²) in [5, 5.41) is 0. The smallest absolute Gasteiger partial charge is 0.254 e. The minimum absolute atomic E-state index is 0.254. The molecule has 35 heavy (non-hydrogen) atoms. The summed E-state index contributed by atoms with van der Waals surface area (Å²) in [6.45, 7) is 21.1. The van der Waals surface area contributed by atoms with Crippen molar-refractivity contribution in [3.8, 4) is 0 Å². The number of hydrogen-bond acceptors (Lipinski definition) is 2. The van der Waals surface area contributed by atoms with Crippen molar-refractivity contribution >= 4 is 22.4 Å². The molecule has 1 atom stereocenters. The van der Waals surface area contributed by atoms with E-state index in [-0.39, 0.29) is 6.04 Å². The number of aromatic nitrogens is 2. The first-order valence-corrected chi connectivity index (χ1v) is 12.6. The van der Waals surface area contributed by atoms with Crippen LogP contribution in [-0.2, 0) is 13.6 Å². The van der Waals surface area contributed by atoms with Gasteiger partial charge in [0, 0.05) is 24.8 Å². The van der Waals surface area contributed by atoms with Crippen molar-refractivity contribution in [2.24, 2.45) is 7.05 Å². The summed E-state index contributed by atoms with van der Waals surface area (Å²) < 4.78 is 4.78. The molecule has 4 heteroatoms. The number of hydrogen-bond donors (Lipinski definition) is 0. The van der Waals surface area contributed by atoms with Gasteiger partial charge >= 0.3 is 0 Å². The maximum absolute atomic E-state index is 3.82. The molecule has 4 aromatic rings. The van der Waals surface area contributed by atoms with E-state index in [0.717, 1.165) is 13.1 Å². The van der Waals surface area contributed by atoms with Gasteiger partial charge in [-0.25, -0.2) is 9.13 Å². The minimum Gasteiger partial charge on any atom is -0.339 e. The molecule has 5 rings (SSSR count). The van der Waals surface area contributed by atoms with Crippen LogP contribution in [0.4, 0.5) is 11.4 Å². The largest absolute Gasteiger partial charge is 0.339 e. The second-order valence-electron chi connectivity index (χ2n) is 10.4. The molecule has 1 fully saturated rings. The number of nitrogens with zero attached hydrogens (tertiary/aromatic N) is 4. The molecule has 1 aromatic heterocycles. The van der Waals surface area contributed by atoms with E-state index in [2.05, 4.69) is 130 Å². The van der Waals surface area contributed by atoms with Crippen LogP contribution in [0.5, 0.6) is 0 Å². The number of benzene rings is 3. The summed E-state index contributed by atoms with van der Waals surface area (Å²) in [4.78, 5) is 4.77. The second-order valence-corrected chi connectivity index (χ2v) is 10.4. The van der Waals surface area contributed by atoms with Crippen LogP contribution < -0.4 is 14.4 Å². The number of rotatable bonds is 4. The van der Waals surface area contributed by atoms with Crippen molar-refractivity contribution in [1.82, 2.24) is 4.57 Å². The van der Waals surface area contributed by atoms with Crippen LogP contribution >= 0.6 is 0 Å². The highest BCUT2D eigenvalue weighted by Gasteiger charge is 2.37. The third-order valence-corrected chi connectivity index (χ3v) is 7.57. The molecule has 3 aromatic carbocycles. The molecule has 1 aliphatic rings. The van der Waals surface area contributed by atoms with Crippen molar-refractivity contribution in [3.05, 3.63) is 94.4 Å². The minimum atomic E-state index is 0.254. The van der Waals surface area contributed by atoms with E-state index in [1.54, 1.807) is 0 Å². The van der Waals surface area contributed by atoms with Crippen LogP contribution in [0.2, 0.25) is 0 Å². The van der Waals surface area contributed by atoms with E-state index in [1.807, 2.05) is 0 Å². The lowest BCUT2D eigenvalue weighted by molar-refractivity contribution is -0.652. The Morgan fingerprint density at radius 3 is 1.94 bits per heavy atom. The van der Waals surface area contributed by atoms with E-state index < -0.39 is 0 Å². The molecule has 2 radical (unpaired) electrons. The van der Waals surface area contributed by atoms with Gasteiger partial charge in [0.25, 0.3) is 5.82 Å². The topological polar surface area (TPSA) is 15.3 Å². The molecule has 4 nitrogen and oxygen atoms in total. The summed E-state index contributed by atoms with van der Waals surface area (Å²) in [7, 11) is 2.17. The summed E-state index contributed by atoms with van der Waals surface area (Å²) in [5.41, 5.74) is 13.0. The zero-order valence-corrected chi connectivity index (χ0v) is 22.4. The predicted octanol–water partition coefficient (Wildman–Crippen LogP) is 6.02. The highest BCUT2D eigenvalue weighted by molar-refractivity contribution is 5.73. The predicted molar refractivity (Wildman–Crippen MR) is 146 cm³/mol. The fourth-order valence-corrected chi connectivity index (χ4v) is 6.16. The van der Waals surface area contributed by atoms with Crippen molar-refractivity contribution in [2.45, 2.75) is 61.1 Å². The number of anilines is 2. The molecule has 1 unspecified atom stereocenters. The molecule has 0 bridgehead atoms. The highest BCUT2D eigenvalue weighted by atomic mass is 15.4. The van der Waals surface area contributed by atoms with Crippen molar-refractivity contribution in [1.29, 1.82) is 0 Å². The lowest BCUT2D eigenvalue weighted by Gasteiger charge is -2.27. The van der Waals surface area contributed by atoms with Gasteiger partial charge in [-0.1, -0.05) is 47.5 Å². The summed E-state index contributed by atoms with van der Waals surface area (Å²) in [6.07, 6.45) is 0. The Morgan fingerprint density at radius 1 is 0.800 bits per heavy atom. The normalized spacial score (nSPS) is 16.1. The van der Waals surface area contributed by atoms with Gasteiger partial charge in [0.05, 0.1) is 13.1 Å². The zero-order valence-electron chi connectivity index (χ0n) is 22.4. The molecule has 0 saturated carbocycles. The Morgan fingerprint density at radius 2 is 1.34 bits per heavy atom.